The molecule has 1 N–H and O–H groups in total. The van der Waals surface area contributed by atoms with Gasteiger partial charge >= 0.3 is 0 Å². The Morgan fingerprint density at radius 1 is 1.32 bits per heavy atom. The van der Waals surface area contributed by atoms with Gasteiger partial charge in [0.2, 0.25) is 0 Å². The molecule has 0 saturated heterocycles. The molecule has 0 saturated carbocycles. The van der Waals surface area contributed by atoms with Gasteiger partial charge in [-0.05, 0) is 47.0 Å². The number of rotatable bonds is 3. The predicted octanol–water partition coefficient (Wildman–Crippen LogP) is 3.05. The maximum atomic E-state index is 13.1. The lowest BCUT2D eigenvalue weighted by Gasteiger charge is -1.99. The number of hydrogen-bond acceptors (Lipinski definition) is 2. The Morgan fingerprint density at radius 3 is 2.89 bits per heavy atom. The summed E-state index contributed by atoms with van der Waals surface area (Å²) in [6.45, 7) is 1.92. The second-order valence-electron chi connectivity index (χ2n) is 4.42. The maximum Gasteiger partial charge on any atom is 0.251 e. The predicted molar refractivity (Wildman–Crippen MR) is 73.6 cm³/mol. The van der Waals surface area contributed by atoms with Crippen LogP contribution in [-0.4, -0.2) is 19.6 Å². The Labute approximate surface area is 117 Å². The zero-order valence-electron chi connectivity index (χ0n) is 10.3. The van der Waals surface area contributed by atoms with E-state index in [0.29, 0.717) is 5.78 Å². The number of fused-ring (bicyclic) bond motifs is 1. The molecule has 0 bridgehead atoms. The number of hydrogen-bond donors (Lipinski definition) is 1. The van der Waals surface area contributed by atoms with Gasteiger partial charge in [0.25, 0.3) is 5.78 Å². The number of halogens is 2. The van der Waals surface area contributed by atoms with Gasteiger partial charge in [0, 0.05) is 6.42 Å². The van der Waals surface area contributed by atoms with Crippen molar-refractivity contribution >= 4 is 21.7 Å². The molecule has 0 amide bonds. The molecule has 0 aliphatic rings. The zero-order chi connectivity index (χ0) is 13.4. The number of aromatic nitrogens is 4. The third-order valence-corrected chi connectivity index (χ3v) is 3.91. The molecule has 3 aromatic rings. The molecule has 0 atom stereocenters. The van der Waals surface area contributed by atoms with Crippen molar-refractivity contribution in [3.8, 4) is 0 Å². The van der Waals surface area contributed by atoms with Gasteiger partial charge in [0.05, 0.1) is 5.69 Å². The smallest absolute Gasteiger partial charge is 0.251 e. The zero-order valence-corrected chi connectivity index (χ0v) is 11.9. The molecule has 0 aliphatic carbocycles. The van der Waals surface area contributed by atoms with E-state index in [9.17, 15) is 4.39 Å². The van der Waals surface area contributed by atoms with Crippen LogP contribution in [0.25, 0.3) is 5.78 Å². The van der Waals surface area contributed by atoms with E-state index < -0.39 is 0 Å². The summed E-state index contributed by atoms with van der Waals surface area (Å²) in [6, 6.07) is 6.63. The van der Waals surface area contributed by atoms with Crippen LogP contribution in [0.2, 0.25) is 0 Å². The van der Waals surface area contributed by atoms with Gasteiger partial charge in [-0.3, -0.25) is 5.10 Å². The minimum Gasteiger partial charge on any atom is -0.277 e. The fraction of sp³-hybridized carbons (Fsp3) is 0.231. The summed E-state index contributed by atoms with van der Waals surface area (Å²) in [6.07, 6.45) is 1.46. The number of H-pyrrole nitrogens is 1. The molecule has 1 aromatic carbocycles. The van der Waals surface area contributed by atoms with E-state index in [0.717, 1.165) is 34.5 Å². The van der Waals surface area contributed by atoms with E-state index in [4.69, 9.17) is 0 Å². The molecule has 4 nitrogen and oxygen atoms in total. The van der Waals surface area contributed by atoms with Crippen molar-refractivity contribution < 1.29 is 4.39 Å². The average molecular weight is 323 g/mol. The summed E-state index contributed by atoms with van der Waals surface area (Å²) in [5.41, 5.74) is 1.86. The van der Waals surface area contributed by atoms with E-state index in [1.54, 1.807) is 16.6 Å². The second kappa shape index (κ2) is 4.77. The molecule has 2 heterocycles. The Morgan fingerprint density at radius 2 is 2.16 bits per heavy atom. The van der Waals surface area contributed by atoms with Gasteiger partial charge in [-0.25, -0.2) is 13.9 Å². The van der Waals surface area contributed by atoms with Crippen LogP contribution in [0.1, 0.15) is 17.1 Å². The largest absolute Gasteiger partial charge is 0.277 e. The number of nitrogens with one attached hydrogen (secondary N) is 1. The average Bonchev–Trinajstić information content (AvgIpc) is 2.88. The van der Waals surface area contributed by atoms with Crippen LogP contribution < -0.4 is 0 Å². The molecule has 3 rings (SSSR count). The highest BCUT2D eigenvalue weighted by Crippen LogP contribution is 2.17. The van der Waals surface area contributed by atoms with Crippen LogP contribution in [0.4, 0.5) is 4.39 Å². The van der Waals surface area contributed by atoms with Crippen molar-refractivity contribution in [2.75, 3.05) is 0 Å². The van der Waals surface area contributed by atoms with Crippen LogP contribution in [0, 0.1) is 12.7 Å². The van der Waals surface area contributed by atoms with E-state index >= 15 is 0 Å². The number of nitrogens with zero attached hydrogens (tertiary/aromatic N) is 3. The van der Waals surface area contributed by atoms with Gasteiger partial charge in [-0.1, -0.05) is 12.1 Å². The summed E-state index contributed by atoms with van der Waals surface area (Å²) in [4.78, 5) is 8.72. The van der Waals surface area contributed by atoms with Gasteiger partial charge in [-0.15, -0.1) is 0 Å². The summed E-state index contributed by atoms with van der Waals surface area (Å²) >= 11 is 3.45. The van der Waals surface area contributed by atoms with Crippen molar-refractivity contribution in [2.45, 2.75) is 19.8 Å². The number of aryl methyl sites for hydroxylation is 3. The molecular weight excluding hydrogens is 311 g/mol. The van der Waals surface area contributed by atoms with Crippen molar-refractivity contribution in [3.05, 3.63) is 51.8 Å². The first-order valence-corrected chi connectivity index (χ1v) is 6.76. The van der Waals surface area contributed by atoms with E-state index in [1.807, 2.05) is 13.0 Å². The Bertz CT molecular complexity index is 731. The van der Waals surface area contributed by atoms with Gasteiger partial charge in [-0.2, -0.15) is 4.98 Å². The van der Waals surface area contributed by atoms with Crippen molar-refractivity contribution in [1.82, 2.24) is 19.6 Å². The molecule has 0 spiro atoms. The topological polar surface area (TPSA) is 46.0 Å². The van der Waals surface area contributed by atoms with Crippen LogP contribution in [0.5, 0.6) is 0 Å². The summed E-state index contributed by atoms with van der Waals surface area (Å²) in [5.74, 6) is 1.29. The Hall–Kier alpha value is -1.69. The SMILES string of the molecule is Cc1nc2nc(CCc3cccc(F)c3)[nH]n2c1Br. The Balaban J connectivity index is 1.78. The third-order valence-electron chi connectivity index (χ3n) is 2.98. The molecule has 0 unspecified atom stereocenters. The molecule has 0 fully saturated rings. The summed E-state index contributed by atoms with van der Waals surface area (Å²) in [5, 5.41) is 3.17. The molecule has 19 heavy (non-hydrogen) atoms. The summed E-state index contributed by atoms with van der Waals surface area (Å²) < 4.78 is 15.7. The Kier molecular flexibility index (Phi) is 3.10. The lowest BCUT2D eigenvalue weighted by atomic mass is 10.1. The lowest BCUT2D eigenvalue weighted by molar-refractivity contribution is 0.625. The highest BCUT2D eigenvalue weighted by molar-refractivity contribution is 9.10. The van der Waals surface area contributed by atoms with Crippen LogP contribution in [0.3, 0.4) is 0 Å². The fourth-order valence-electron chi connectivity index (χ4n) is 2.01. The number of imidazole rings is 1. The third kappa shape index (κ3) is 2.40. The maximum absolute atomic E-state index is 13.1. The second-order valence-corrected chi connectivity index (χ2v) is 5.17. The van der Waals surface area contributed by atoms with Crippen molar-refractivity contribution in [3.63, 3.8) is 0 Å². The molecule has 98 valence electrons. The van der Waals surface area contributed by atoms with Crippen molar-refractivity contribution in [1.29, 1.82) is 0 Å². The molecular formula is C13H12BrFN4. The van der Waals surface area contributed by atoms with Crippen LogP contribution in [-0.2, 0) is 12.8 Å². The van der Waals surface area contributed by atoms with E-state index in [1.165, 1.54) is 6.07 Å². The monoisotopic (exact) mass is 322 g/mol. The lowest BCUT2D eigenvalue weighted by Crippen LogP contribution is -1.95. The van der Waals surface area contributed by atoms with E-state index in [2.05, 4.69) is 31.0 Å². The first-order valence-electron chi connectivity index (χ1n) is 5.97. The molecule has 6 heteroatoms. The first-order chi connectivity index (χ1) is 9.13. The standard InChI is InChI=1S/C13H12BrFN4/c1-8-12(14)19-13(16-8)17-11(18-19)6-5-9-3-2-4-10(15)7-9/h2-4,7H,5-6H2,1H3,(H,16,17,18). The quantitative estimate of drug-likeness (QED) is 0.805. The van der Waals surface area contributed by atoms with Gasteiger partial charge in [0.15, 0.2) is 0 Å². The normalized spacial score (nSPS) is 11.3. The fourth-order valence-corrected chi connectivity index (χ4v) is 2.35. The van der Waals surface area contributed by atoms with Crippen LogP contribution >= 0.6 is 15.9 Å². The highest BCUT2D eigenvalue weighted by atomic mass is 79.9. The van der Waals surface area contributed by atoms with E-state index in [-0.39, 0.29) is 5.82 Å². The van der Waals surface area contributed by atoms with Crippen LogP contribution in [0.15, 0.2) is 28.9 Å². The minimum atomic E-state index is -0.204. The van der Waals surface area contributed by atoms with Gasteiger partial charge in [0.1, 0.15) is 16.2 Å². The van der Waals surface area contributed by atoms with Gasteiger partial charge < -0.3 is 0 Å². The summed E-state index contributed by atoms with van der Waals surface area (Å²) in [7, 11) is 0. The van der Waals surface area contributed by atoms with Crippen molar-refractivity contribution in [2.24, 2.45) is 0 Å². The first kappa shape index (κ1) is 12.3. The number of aromatic amines is 1. The number of benzene rings is 1. The molecule has 0 aliphatic heterocycles. The highest BCUT2D eigenvalue weighted by Gasteiger charge is 2.10. The molecule has 0 radical (unpaired) electrons. The molecule has 2 aromatic heterocycles. The minimum absolute atomic E-state index is 0.204.